The molecule has 2 aliphatic heterocycles. The van der Waals surface area contributed by atoms with Crippen LogP contribution in [-0.4, -0.2) is 44.1 Å². The van der Waals surface area contributed by atoms with E-state index in [0.717, 1.165) is 32.6 Å². The molecule has 3 N–H and O–H groups in total. The first-order chi connectivity index (χ1) is 7.74. The van der Waals surface area contributed by atoms with Crippen LogP contribution >= 0.6 is 0 Å². The van der Waals surface area contributed by atoms with Crippen LogP contribution in [-0.2, 0) is 9.47 Å². The highest BCUT2D eigenvalue weighted by Gasteiger charge is 2.34. The minimum atomic E-state index is 0.0730. The van der Waals surface area contributed by atoms with Crippen molar-refractivity contribution in [3.8, 4) is 0 Å². The van der Waals surface area contributed by atoms with E-state index in [1.165, 1.54) is 12.8 Å². The van der Waals surface area contributed by atoms with E-state index in [4.69, 9.17) is 15.2 Å². The van der Waals surface area contributed by atoms with Crippen molar-refractivity contribution in [3.63, 3.8) is 0 Å². The minimum Gasteiger partial charge on any atom is -0.378 e. The van der Waals surface area contributed by atoms with Gasteiger partial charge in [-0.25, -0.2) is 0 Å². The Kier molecular flexibility index (Phi) is 4.19. The number of hydrogen-bond acceptors (Lipinski definition) is 4. The first kappa shape index (κ1) is 12.3. The fourth-order valence-corrected chi connectivity index (χ4v) is 2.72. The zero-order chi connectivity index (χ0) is 11.4. The van der Waals surface area contributed by atoms with E-state index >= 15 is 0 Å². The van der Waals surface area contributed by atoms with Crippen molar-refractivity contribution in [1.82, 2.24) is 5.32 Å². The third kappa shape index (κ3) is 2.94. The lowest BCUT2D eigenvalue weighted by atomic mass is 9.87. The third-order valence-electron chi connectivity index (χ3n) is 3.78. The fraction of sp³-hybridized carbons (Fsp3) is 1.00. The zero-order valence-corrected chi connectivity index (χ0v) is 10.2. The Morgan fingerprint density at radius 3 is 2.88 bits per heavy atom. The average Bonchev–Trinajstić information content (AvgIpc) is 2.79. The molecule has 94 valence electrons. The van der Waals surface area contributed by atoms with Crippen LogP contribution in [0.5, 0.6) is 0 Å². The Morgan fingerprint density at radius 2 is 2.25 bits per heavy atom. The summed E-state index contributed by atoms with van der Waals surface area (Å²) in [6, 6.07) is 0. The summed E-state index contributed by atoms with van der Waals surface area (Å²) in [5.41, 5.74) is 6.00. The standard InChI is InChI=1S/C12H24N2O2/c1-10-7-12(9-13,4-6-15-10)14-8-11-3-2-5-16-11/h10-11,14H,2-9,13H2,1H3. The number of rotatable bonds is 4. The molecule has 2 rings (SSSR count). The molecule has 4 nitrogen and oxygen atoms in total. The zero-order valence-electron chi connectivity index (χ0n) is 10.2. The van der Waals surface area contributed by atoms with Crippen molar-refractivity contribution in [3.05, 3.63) is 0 Å². The molecule has 2 saturated heterocycles. The summed E-state index contributed by atoms with van der Waals surface area (Å²) in [5, 5.41) is 3.63. The van der Waals surface area contributed by atoms with Gasteiger partial charge in [0.05, 0.1) is 12.2 Å². The third-order valence-corrected chi connectivity index (χ3v) is 3.78. The van der Waals surface area contributed by atoms with E-state index in [1.807, 2.05) is 0 Å². The van der Waals surface area contributed by atoms with Crippen molar-refractivity contribution in [2.45, 2.75) is 50.4 Å². The predicted molar refractivity (Wildman–Crippen MR) is 63.4 cm³/mol. The largest absolute Gasteiger partial charge is 0.378 e. The van der Waals surface area contributed by atoms with Crippen LogP contribution in [0, 0.1) is 0 Å². The van der Waals surface area contributed by atoms with Gasteiger partial charge in [0.15, 0.2) is 0 Å². The summed E-state index contributed by atoms with van der Waals surface area (Å²) >= 11 is 0. The molecule has 2 heterocycles. The quantitative estimate of drug-likeness (QED) is 0.742. The van der Waals surface area contributed by atoms with Crippen molar-refractivity contribution < 1.29 is 9.47 Å². The van der Waals surface area contributed by atoms with Crippen LogP contribution in [0.3, 0.4) is 0 Å². The Morgan fingerprint density at radius 1 is 1.38 bits per heavy atom. The van der Waals surface area contributed by atoms with Gasteiger partial charge in [-0.2, -0.15) is 0 Å². The number of nitrogens with one attached hydrogen (secondary N) is 1. The Hall–Kier alpha value is -0.160. The molecule has 0 aliphatic carbocycles. The summed E-state index contributed by atoms with van der Waals surface area (Å²) < 4.78 is 11.2. The van der Waals surface area contributed by atoms with Crippen LogP contribution in [0.2, 0.25) is 0 Å². The van der Waals surface area contributed by atoms with Gasteiger partial charge in [-0.3, -0.25) is 0 Å². The molecule has 16 heavy (non-hydrogen) atoms. The summed E-state index contributed by atoms with van der Waals surface area (Å²) in [4.78, 5) is 0. The lowest BCUT2D eigenvalue weighted by Crippen LogP contribution is -2.57. The van der Waals surface area contributed by atoms with Gasteiger partial charge in [0.25, 0.3) is 0 Å². The lowest BCUT2D eigenvalue weighted by molar-refractivity contribution is -0.0201. The first-order valence-electron chi connectivity index (χ1n) is 6.42. The molecule has 3 unspecified atom stereocenters. The normalized spacial score (nSPS) is 40.1. The molecule has 0 radical (unpaired) electrons. The van der Waals surface area contributed by atoms with Gasteiger partial charge in [0.1, 0.15) is 0 Å². The van der Waals surface area contributed by atoms with Gasteiger partial charge in [-0.1, -0.05) is 0 Å². The van der Waals surface area contributed by atoms with Crippen molar-refractivity contribution in [2.75, 3.05) is 26.3 Å². The summed E-state index contributed by atoms with van der Waals surface area (Å²) in [6.45, 7) is 5.48. The van der Waals surface area contributed by atoms with Crippen molar-refractivity contribution in [2.24, 2.45) is 5.73 Å². The smallest absolute Gasteiger partial charge is 0.0700 e. The second-order valence-corrected chi connectivity index (χ2v) is 5.14. The van der Waals surface area contributed by atoms with Crippen LogP contribution in [0.25, 0.3) is 0 Å². The van der Waals surface area contributed by atoms with Crippen LogP contribution in [0.1, 0.15) is 32.6 Å². The van der Waals surface area contributed by atoms with Crippen molar-refractivity contribution >= 4 is 0 Å². The number of nitrogens with two attached hydrogens (primary N) is 1. The van der Waals surface area contributed by atoms with E-state index in [9.17, 15) is 0 Å². The monoisotopic (exact) mass is 228 g/mol. The van der Waals surface area contributed by atoms with E-state index in [2.05, 4.69) is 12.2 Å². The molecule has 0 amide bonds. The molecule has 2 fully saturated rings. The average molecular weight is 228 g/mol. The molecule has 0 aromatic carbocycles. The molecular weight excluding hydrogens is 204 g/mol. The maximum absolute atomic E-state index is 5.93. The molecule has 0 saturated carbocycles. The maximum Gasteiger partial charge on any atom is 0.0700 e. The van der Waals surface area contributed by atoms with Crippen LogP contribution in [0.15, 0.2) is 0 Å². The number of hydrogen-bond donors (Lipinski definition) is 2. The number of ether oxygens (including phenoxy) is 2. The Labute approximate surface area is 97.9 Å². The highest BCUT2D eigenvalue weighted by molar-refractivity contribution is 4.94. The molecule has 0 bridgehead atoms. The molecule has 4 heteroatoms. The second kappa shape index (κ2) is 5.45. The topological polar surface area (TPSA) is 56.5 Å². The minimum absolute atomic E-state index is 0.0730. The van der Waals surface area contributed by atoms with Gasteiger partial charge in [0.2, 0.25) is 0 Å². The van der Waals surface area contributed by atoms with E-state index < -0.39 is 0 Å². The highest BCUT2D eigenvalue weighted by atomic mass is 16.5. The molecule has 0 spiro atoms. The van der Waals surface area contributed by atoms with Crippen LogP contribution < -0.4 is 11.1 Å². The van der Waals surface area contributed by atoms with Gasteiger partial charge in [-0.15, -0.1) is 0 Å². The Bertz CT molecular complexity index is 219. The van der Waals surface area contributed by atoms with Gasteiger partial charge in [-0.05, 0) is 32.6 Å². The van der Waals surface area contributed by atoms with E-state index in [-0.39, 0.29) is 5.54 Å². The first-order valence-corrected chi connectivity index (χ1v) is 6.42. The molecule has 2 aliphatic rings. The summed E-state index contributed by atoms with van der Waals surface area (Å²) in [5.74, 6) is 0. The Balaban J connectivity index is 1.83. The van der Waals surface area contributed by atoms with Gasteiger partial charge < -0.3 is 20.5 Å². The SMILES string of the molecule is CC1CC(CN)(NCC2CCCO2)CCO1. The summed E-state index contributed by atoms with van der Waals surface area (Å²) in [7, 11) is 0. The van der Waals surface area contributed by atoms with E-state index in [1.54, 1.807) is 0 Å². The highest BCUT2D eigenvalue weighted by Crippen LogP contribution is 2.24. The van der Waals surface area contributed by atoms with E-state index in [0.29, 0.717) is 18.8 Å². The fourth-order valence-electron chi connectivity index (χ4n) is 2.72. The predicted octanol–water partition coefficient (Wildman–Crippen LogP) is 0.651. The van der Waals surface area contributed by atoms with Crippen LogP contribution in [0.4, 0.5) is 0 Å². The molecule has 0 aromatic rings. The van der Waals surface area contributed by atoms with Gasteiger partial charge >= 0.3 is 0 Å². The second-order valence-electron chi connectivity index (χ2n) is 5.14. The molecular formula is C12H24N2O2. The van der Waals surface area contributed by atoms with Gasteiger partial charge in [0, 0.05) is 31.8 Å². The molecule has 3 atom stereocenters. The molecule has 0 aromatic heterocycles. The lowest BCUT2D eigenvalue weighted by Gasteiger charge is -2.40. The summed E-state index contributed by atoms with van der Waals surface area (Å²) in [6.07, 6.45) is 5.11. The van der Waals surface area contributed by atoms with Crippen molar-refractivity contribution in [1.29, 1.82) is 0 Å². The maximum atomic E-state index is 5.93.